The van der Waals surface area contributed by atoms with E-state index >= 15 is 0 Å². The molecule has 0 saturated carbocycles. The summed E-state index contributed by atoms with van der Waals surface area (Å²) in [7, 11) is 0. The summed E-state index contributed by atoms with van der Waals surface area (Å²) >= 11 is 0. The molecule has 0 aromatic heterocycles. The molecule has 0 bridgehead atoms. The molecule has 2 aliphatic heterocycles. The van der Waals surface area contributed by atoms with Gasteiger partial charge in [-0.3, -0.25) is 0 Å². The highest BCUT2D eigenvalue weighted by Gasteiger charge is 2.43. The average molecular weight is 280 g/mol. The maximum Gasteiger partial charge on any atom is 0.126 e. The van der Waals surface area contributed by atoms with E-state index in [0.717, 1.165) is 25.9 Å². The Morgan fingerprint density at radius 1 is 1.40 bits per heavy atom. The smallest absolute Gasteiger partial charge is 0.126 e. The van der Waals surface area contributed by atoms with Crippen LogP contribution >= 0.6 is 0 Å². The van der Waals surface area contributed by atoms with Crippen molar-refractivity contribution in [2.45, 2.75) is 37.9 Å². The Balaban J connectivity index is 1.75. The monoisotopic (exact) mass is 280 g/mol. The molecule has 3 nitrogen and oxygen atoms in total. The largest absolute Gasteiger partial charge is 0.388 e. The van der Waals surface area contributed by atoms with Crippen LogP contribution in [0.25, 0.3) is 0 Å². The Labute approximate surface area is 118 Å². The summed E-state index contributed by atoms with van der Waals surface area (Å²) in [6.07, 6.45) is 1.84. The van der Waals surface area contributed by atoms with E-state index in [2.05, 4.69) is 0 Å². The third-order valence-electron chi connectivity index (χ3n) is 4.58. The Bertz CT molecular complexity index is 483. The molecule has 2 saturated heterocycles. The van der Waals surface area contributed by atoms with Crippen molar-refractivity contribution in [1.82, 2.24) is 0 Å². The van der Waals surface area contributed by atoms with Gasteiger partial charge in [0, 0.05) is 19.6 Å². The molecule has 2 aliphatic rings. The van der Waals surface area contributed by atoms with Crippen LogP contribution in [0.1, 0.15) is 36.5 Å². The van der Waals surface area contributed by atoms with Crippen LogP contribution in [0.4, 0.5) is 4.39 Å². The molecule has 1 spiro atoms. The second kappa shape index (κ2) is 5.43. The van der Waals surface area contributed by atoms with Gasteiger partial charge in [0.25, 0.3) is 0 Å². The fourth-order valence-electron chi connectivity index (χ4n) is 3.26. The zero-order valence-electron chi connectivity index (χ0n) is 11.8. The van der Waals surface area contributed by atoms with E-state index in [9.17, 15) is 9.50 Å². The lowest BCUT2D eigenvalue weighted by molar-refractivity contribution is -0.117. The molecule has 0 aliphatic carbocycles. The molecule has 1 aromatic carbocycles. The molecule has 1 aromatic rings. The molecule has 2 heterocycles. The predicted molar refractivity (Wildman–Crippen MR) is 72.9 cm³/mol. The summed E-state index contributed by atoms with van der Waals surface area (Å²) in [5, 5.41) is 10.5. The number of hydrogen-bond acceptors (Lipinski definition) is 3. The number of aryl methyl sites for hydroxylation is 1. The fraction of sp³-hybridized carbons (Fsp3) is 0.625. The van der Waals surface area contributed by atoms with Crippen LogP contribution in [0.5, 0.6) is 0 Å². The molecular formula is C16H21FO3. The molecule has 110 valence electrons. The topological polar surface area (TPSA) is 38.7 Å². The standard InChI is InChI=1S/C16H21FO3/c1-11-2-3-12(8-14(11)17)15(18)13-4-6-20-16(9-13)5-7-19-10-16/h2-3,8,13,15,18H,4-7,9-10H2,1H3. The summed E-state index contributed by atoms with van der Waals surface area (Å²) in [4.78, 5) is 0. The third kappa shape index (κ3) is 2.60. The number of aliphatic hydroxyl groups excluding tert-OH is 1. The summed E-state index contributed by atoms with van der Waals surface area (Å²) in [5.74, 6) is -0.153. The van der Waals surface area contributed by atoms with Crippen molar-refractivity contribution in [2.75, 3.05) is 19.8 Å². The van der Waals surface area contributed by atoms with E-state index in [-0.39, 0.29) is 17.3 Å². The second-order valence-electron chi connectivity index (χ2n) is 6.04. The highest BCUT2D eigenvalue weighted by atomic mass is 19.1. The molecule has 3 unspecified atom stereocenters. The second-order valence-corrected chi connectivity index (χ2v) is 6.04. The highest BCUT2D eigenvalue weighted by Crippen LogP contribution is 2.41. The average Bonchev–Trinajstić information content (AvgIpc) is 2.89. The van der Waals surface area contributed by atoms with Crippen LogP contribution in [-0.4, -0.2) is 30.5 Å². The van der Waals surface area contributed by atoms with Crippen molar-refractivity contribution >= 4 is 0 Å². The molecule has 1 N–H and O–H groups in total. The van der Waals surface area contributed by atoms with E-state index in [1.807, 2.05) is 6.07 Å². The number of rotatable bonds is 2. The van der Waals surface area contributed by atoms with E-state index in [0.29, 0.717) is 24.3 Å². The lowest BCUT2D eigenvalue weighted by atomic mass is 9.80. The number of benzene rings is 1. The maximum absolute atomic E-state index is 13.6. The SMILES string of the molecule is Cc1ccc(C(O)C2CCOC3(CCOC3)C2)cc1F. The Morgan fingerprint density at radius 2 is 2.25 bits per heavy atom. The van der Waals surface area contributed by atoms with E-state index in [4.69, 9.17) is 9.47 Å². The van der Waals surface area contributed by atoms with Gasteiger partial charge < -0.3 is 14.6 Å². The normalized spacial score (nSPS) is 31.6. The van der Waals surface area contributed by atoms with Crippen LogP contribution in [0.15, 0.2) is 18.2 Å². The van der Waals surface area contributed by atoms with Crippen LogP contribution in [-0.2, 0) is 9.47 Å². The minimum absolute atomic E-state index is 0.104. The Hall–Kier alpha value is -0.970. The highest BCUT2D eigenvalue weighted by molar-refractivity contribution is 5.25. The van der Waals surface area contributed by atoms with Crippen LogP contribution in [0.3, 0.4) is 0 Å². The zero-order valence-corrected chi connectivity index (χ0v) is 11.8. The van der Waals surface area contributed by atoms with Crippen LogP contribution in [0, 0.1) is 18.7 Å². The van der Waals surface area contributed by atoms with Crippen LogP contribution < -0.4 is 0 Å². The number of halogens is 1. The Kier molecular flexibility index (Phi) is 3.80. The fourth-order valence-corrected chi connectivity index (χ4v) is 3.26. The summed E-state index contributed by atoms with van der Waals surface area (Å²) in [6.45, 7) is 3.70. The lowest BCUT2D eigenvalue weighted by Crippen LogP contribution is -2.41. The third-order valence-corrected chi connectivity index (χ3v) is 4.58. The minimum atomic E-state index is -0.633. The summed E-state index contributed by atoms with van der Waals surface area (Å²) in [6, 6.07) is 4.99. The van der Waals surface area contributed by atoms with Gasteiger partial charge >= 0.3 is 0 Å². The summed E-state index contributed by atoms with van der Waals surface area (Å²) < 4.78 is 25.0. The van der Waals surface area contributed by atoms with Crippen molar-refractivity contribution in [3.05, 3.63) is 35.1 Å². The van der Waals surface area contributed by atoms with Crippen molar-refractivity contribution in [2.24, 2.45) is 5.92 Å². The molecule has 20 heavy (non-hydrogen) atoms. The van der Waals surface area contributed by atoms with Gasteiger partial charge in [0.1, 0.15) is 5.82 Å². The molecule has 2 fully saturated rings. The molecule has 3 rings (SSSR count). The molecule has 3 atom stereocenters. The molecule has 4 heteroatoms. The predicted octanol–water partition coefficient (Wildman–Crippen LogP) is 2.75. The number of ether oxygens (including phenoxy) is 2. The number of aliphatic hydroxyl groups is 1. The van der Waals surface area contributed by atoms with Gasteiger partial charge in [-0.25, -0.2) is 4.39 Å². The van der Waals surface area contributed by atoms with E-state index < -0.39 is 6.10 Å². The van der Waals surface area contributed by atoms with Gasteiger partial charge in [-0.15, -0.1) is 0 Å². The first kappa shape index (κ1) is 14.0. The van der Waals surface area contributed by atoms with E-state index in [1.165, 1.54) is 6.07 Å². The Morgan fingerprint density at radius 3 is 2.95 bits per heavy atom. The van der Waals surface area contributed by atoms with Gasteiger partial charge in [-0.2, -0.15) is 0 Å². The first-order chi connectivity index (χ1) is 9.60. The zero-order chi connectivity index (χ0) is 14.2. The van der Waals surface area contributed by atoms with Gasteiger partial charge in [0.05, 0.1) is 18.3 Å². The first-order valence-electron chi connectivity index (χ1n) is 7.25. The van der Waals surface area contributed by atoms with Gasteiger partial charge in [-0.1, -0.05) is 12.1 Å². The van der Waals surface area contributed by atoms with Gasteiger partial charge in [-0.05, 0) is 42.9 Å². The maximum atomic E-state index is 13.6. The van der Waals surface area contributed by atoms with Crippen molar-refractivity contribution in [3.63, 3.8) is 0 Å². The van der Waals surface area contributed by atoms with Gasteiger partial charge in [0.2, 0.25) is 0 Å². The molecular weight excluding hydrogens is 259 g/mol. The molecule has 0 amide bonds. The number of hydrogen-bond donors (Lipinski definition) is 1. The quantitative estimate of drug-likeness (QED) is 0.905. The van der Waals surface area contributed by atoms with Gasteiger partial charge in [0.15, 0.2) is 0 Å². The van der Waals surface area contributed by atoms with Crippen LogP contribution in [0.2, 0.25) is 0 Å². The summed E-state index contributed by atoms with van der Waals surface area (Å²) in [5.41, 5.74) is 1.04. The molecule has 0 radical (unpaired) electrons. The van der Waals surface area contributed by atoms with E-state index in [1.54, 1.807) is 13.0 Å². The lowest BCUT2D eigenvalue weighted by Gasteiger charge is -2.39. The van der Waals surface area contributed by atoms with Crippen molar-refractivity contribution in [1.29, 1.82) is 0 Å². The van der Waals surface area contributed by atoms with Crippen molar-refractivity contribution < 1.29 is 19.0 Å². The first-order valence-corrected chi connectivity index (χ1v) is 7.25. The minimum Gasteiger partial charge on any atom is -0.388 e. The van der Waals surface area contributed by atoms with Crippen molar-refractivity contribution in [3.8, 4) is 0 Å².